The van der Waals surface area contributed by atoms with Crippen molar-refractivity contribution in [2.24, 2.45) is 5.92 Å². The van der Waals surface area contributed by atoms with Crippen molar-refractivity contribution in [2.45, 2.75) is 18.8 Å². The summed E-state index contributed by atoms with van der Waals surface area (Å²) in [5, 5.41) is 9.76. The lowest BCUT2D eigenvalue weighted by Gasteiger charge is -2.20. The van der Waals surface area contributed by atoms with Gasteiger partial charge in [0.25, 0.3) is 0 Å². The molecule has 0 bridgehead atoms. The van der Waals surface area contributed by atoms with E-state index in [0.29, 0.717) is 5.56 Å². The third-order valence-corrected chi connectivity index (χ3v) is 6.86. The van der Waals surface area contributed by atoms with Crippen LogP contribution in [0, 0.1) is 18.7 Å². The standard InChI is InChI=1S/C27H24FNO4/c1-16-12-17(28)10-11-18(16)23-13-29(14-24(23)26(30)31)27(32)33-15-25-21-8-4-2-6-19(21)20-7-3-5-9-22(20)25/h2-12,23-25H,13-15H2,1H3,(H,30,31)/t23-,24+/m0/s1. The van der Waals surface area contributed by atoms with Crippen LogP contribution in [0.5, 0.6) is 0 Å². The zero-order valence-electron chi connectivity index (χ0n) is 18.2. The van der Waals surface area contributed by atoms with Crippen LogP contribution in [0.4, 0.5) is 9.18 Å². The molecular formula is C27H24FNO4. The molecule has 3 aromatic carbocycles. The number of carboxylic acid groups (broad SMARTS) is 1. The molecule has 5 rings (SSSR count). The molecule has 33 heavy (non-hydrogen) atoms. The van der Waals surface area contributed by atoms with Crippen molar-refractivity contribution in [3.8, 4) is 11.1 Å². The van der Waals surface area contributed by atoms with Crippen molar-refractivity contribution < 1.29 is 23.8 Å². The number of hydrogen-bond acceptors (Lipinski definition) is 3. The minimum atomic E-state index is -0.974. The monoisotopic (exact) mass is 445 g/mol. The average molecular weight is 445 g/mol. The summed E-state index contributed by atoms with van der Waals surface area (Å²) in [7, 11) is 0. The first-order valence-corrected chi connectivity index (χ1v) is 11.0. The number of rotatable bonds is 4. The van der Waals surface area contributed by atoms with Crippen molar-refractivity contribution in [1.82, 2.24) is 4.90 Å². The van der Waals surface area contributed by atoms with Crippen LogP contribution in [0.3, 0.4) is 0 Å². The molecule has 5 nitrogen and oxygen atoms in total. The number of hydrogen-bond donors (Lipinski definition) is 1. The van der Waals surface area contributed by atoms with Gasteiger partial charge in [-0.1, -0.05) is 54.6 Å². The molecule has 1 aliphatic heterocycles. The summed E-state index contributed by atoms with van der Waals surface area (Å²) in [6.07, 6.45) is -0.523. The summed E-state index contributed by atoms with van der Waals surface area (Å²) in [6.45, 7) is 2.22. The summed E-state index contributed by atoms with van der Waals surface area (Å²) in [4.78, 5) is 26.3. The molecular weight excluding hydrogens is 421 g/mol. The predicted octanol–water partition coefficient (Wildman–Crippen LogP) is 5.18. The van der Waals surface area contributed by atoms with E-state index < -0.39 is 23.9 Å². The largest absolute Gasteiger partial charge is 0.481 e. The van der Waals surface area contributed by atoms with Crippen LogP contribution in [0.15, 0.2) is 66.7 Å². The molecule has 6 heteroatoms. The number of halogens is 1. The summed E-state index contributed by atoms with van der Waals surface area (Å²) < 4.78 is 19.3. The summed E-state index contributed by atoms with van der Waals surface area (Å²) >= 11 is 0. The molecule has 1 aliphatic carbocycles. The molecule has 1 heterocycles. The molecule has 2 atom stereocenters. The van der Waals surface area contributed by atoms with E-state index in [1.807, 2.05) is 24.3 Å². The second-order valence-corrected chi connectivity index (χ2v) is 8.76. The fourth-order valence-electron chi connectivity index (χ4n) is 5.26. The number of ether oxygens (including phenoxy) is 1. The molecule has 0 radical (unpaired) electrons. The number of carbonyl (C=O) groups excluding carboxylic acids is 1. The molecule has 1 amide bonds. The van der Waals surface area contributed by atoms with Crippen LogP contribution < -0.4 is 0 Å². The highest BCUT2D eigenvalue weighted by atomic mass is 19.1. The Morgan fingerprint density at radius 3 is 2.21 bits per heavy atom. The Balaban J connectivity index is 1.33. The van der Waals surface area contributed by atoms with Crippen molar-refractivity contribution in [3.05, 3.63) is 94.8 Å². The number of carboxylic acids is 1. The lowest BCUT2D eigenvalue weighted by Crippen LogP contribution is -2.31. The number of benzene rings is 3. The molecule has 0 aromatic heterocycles. The van der Waals surface area contributed by atoms with Gasteiger partial charge in [-0.15, -0.1) is 0 Å². The Hall–Kier alpha value is -3.67. The van der Waals surface area contributed by atoms with E-state index in [0.717, 1.165) is 27.8 Å². The van der Waals surface area contributed by atoms with Crippen LogP contribution in [-0.4, -0.2) is 41.8 Å². The van der Waals surface area contributed by atoms with Crippen LogP contribution in [-0.2, 0) is 9.53 Å². The Kier molecular flexibility index (Phi) is 5.36. The van der Waals surface area contributed by atoms with Crippen molar-refractivity contribution in [3.63, 3.8) is 0 Å². The van der Waals surface area contributed by atoms with Gasteiger partial charge in [0.2, 0.25) is 0 Å². The smallest absolute Gasteiger partial charge is 0.409 e. The van der Waals surface area contributed by atoms with Gasteiger partial charge >= 0.3 is 12.1 Å². The first-order chi connectivity index (χ1) is 15.9. The van der Waals surface area contributed by atoms with Crippen molar-refractivity contribution >= 4 is 12.1 Å². The third-order valence-electron chi connectivity index (χ3n) is 6.86. The van der Waals surface area contributed by atoms with E-state index in [1.54, 1.807) is 13.0 Å². The van der Waals surface area contributed by atoms with Gasteiger partial charge in [-0.3, -0.25) is 4.79 Å². The average Bonchev–Trinajstić information content (AvgIpc) is 3.38. The van der Waals surface area contributed by atoms with Crippen LogP contribution >= 0.6 is 0 Å². The van der Waals surface area contributed by atoms with Gasteiger partial charge in [0, 0.05) is 24.9 Å². The molecule has 1 fully saturated rings. The number of aliphatic carboxylic acids is 1. The van der Waals surface area contributed by atoms with Crippen LogP contribution in [0.25, 0.3) is 11.1 Å². The number of amides is 1. The van der Waals surface area contributed by atoms with Gasteiger partial charge in [-0.2, -0.15) is 0 Å². The highest BCUT2D eigenvalue weighted by Gasteiger charge is 2.42. The van der Waals surface area contributed by atoms with Gasteiger partial charge < -0.3 is 14.7 Å². The van der Waals surface area contributed by atoms with Gasteiger partial charge in [-0.25, -0.2) is 9.18 Å². The molecule has 0 saturated carbocycles. The molecule has 168 valence electrons. The Labute approximate surface area is 191 Å². The molecule has 0 spiro atoms. The maximum atomic E-state index is 13.6. The van der Waals surface area contributed by atoms with E-state index in [-0.39, 0.29) is 31.4 Å². The minimum absolute atomic E-state index is 0.0608. The minimum Gasteiger partial charge on any atom is -0.481 e. The first-order valence-electron chi connectivity index (χ1n) is 11.0. The van der Waals surface area contributed by atoms with Crippen LogP contribution in [0.1, 0.15) is 34.1 Å². The molecule has 1 saturated heterocycles. The predicted molar refractivity (Wildman–Crippen MR) is 122 cm³/mol. The highest BCUT2D eigenvalue weighted by molar-refractivity contribution is 5.79. The number of likely N-dealkylation sites (tertiary alicyclic amines) is 1. The highest BCUT2D eigenvalue weighted by Crippen LogP contribution is 2.44. The third kappa shape index (κ3) is 3.75. The summed E-state index contributed by atoms with van der Waals surface area (Å²) in [5.41, 5.74) is 5.96. The Morgan fingerprint density at radius 1 is 0.970 bits per heavy atom. The van der Waals surface area contributed by atoms with Gasteiger partial charge in [0.05, 0.1) is 5.92 Å². The lowest BCUT2D eigenvalue weighted by molar-refractivity contribution is -0.141. The van der Waals surface area contributed by atoms with Gasteiger partial charge in [0.15, 0.2) is 0 Å². The number of aryl methyl sites for hydroxylation is 1. The number of fused-ring (bicyclic) bond motifs is 3. The first kappa shape index (κ1) is 21.2. The van der Waals surface area contributed by atoms with Crippen LogP contribution in [0.2, 0.25) is 0 Å². The molecule has 2 aliphatic rings. The van der Waals surface area contributed by atoms with Crippen molar-refractivity contribution in [1.29, 1.82) is 0 Å². The maximum absolute atomic E-state index is 13.6. The fourth-order valence-corrected chi connectivity index (χ4v) is 5.26. The van der Waals surface area contributed by atoms with Gasteiger partial charge in [-0.05, 0) is 52.4 Å². The lowest BCUT2D eigenvalue weighted by atomic mass is 9.86. The summed E-state index contributed by atoms with van der Waals surface area (Å²) in [6, 6.07) is 20.5. The van der Waals surface area contributed by atoms with E-state index in [4.69, 9.17) is 4.74 Å². The van der Waals surface area contributed by atoms with E-state index in [1.165, 1.54) is 17.0 Å². The molecule has 1 N–H and O–H groups in total. The van der Waals surface area contributed by atoms with E-state index in [9.17, 15) is 19.1 Å². The molecule has 3 aromatic rings. The quantitative estimate of drug-likeness (QED) is 0.601. The SMILES string of the molecule is Cc1cc(F)ccc1[C@@H]1CN(C(=O)OCC2c3ccccc3-c3ccccc32)C[C@H]1C(=O)O. The normalized spacial score (nSPS) is 19.3. The number of nitrogens with zero attached hydrogens (tertiary/aromatic N) is 1. The van der Waals surface area contributed by atoms with E-state index >= 15 is 0 Å². The molecule has 0 unspecified atom stereocenters. The Bertz CT molecular complexity index is 1190. The second kappa shape index (κ2) is 8.35. The fraction of sp³-hybridized carbons (Fsp3) is 0.259. The zero-order chi connectivity index (χ0) is 23.1. The maximum Gasteiger partial charge on any atom is 0.409 e. The zero-order valence-corrected chi connectivity index (χ0v) is 18.2. The number of carbonyl (C=O) groups is 2. The Morgan fingerprint density at radius 2 is 1.61 bits per heavy atom. The second-order valence-electron chi connectivity index (χ2n) is 8.76. The summed E-state index contributed by atoms with van der Waals surface area (Å²) in [5.74, 6) is -2.58. The van der Waals surface area contributed by atoms with Gasteiger partial charge in [0.1, 0.15) is 12.4 Å². The topological polar surface area (TPSA) is 66.8 Å². The van der Waals surface area contributed by atoms with Crippen molar-refractivity contribution in [2.75, 3.05) is 19.7 Å². The van der Waals surface area contributed by atoms with E-state index in [2.05, 4.69) is 24.3 Å².